The van der Waals surface area contributed by atoms with Crippen LogP contribution in [-0.2, 0) is 16.0 Å². The van der Waals surface area contributed by atoms with Crippen LogP contribution in [0.1, 0.15) is 42.5 Å². The van der Waals surface area contributed by atoms with Crippen molar-refractivity contribution in [3.63, 3.8) is 0 Å². The summed E-state index contributed by atoms with van der Waals surface area (Å²) in [7, 11) is 3.91. The molecule has 29 heavy (non-hydrogen) atoms. The maximum Gasteiger partial charge on any atom is 0.313 e. The van der Waals surface area contributed by atoms with E-state index in [4.69, 9.17) is 4.74 Å². The average Bonchev–Trinajstić information content (AvgIpc) is 3.16. The van der Waals surface area contributed by atoms with E-state index in [1.807, 2.05) is 55.4 Å². The van der Waals surface area contributed by atoms with E-state index in [1.165, 1.54) is 11.1 Å². The number of ether oxygens (including phenoxy) is 1. The molecule has 0 aromatic heterocycles. The van der Waals surface area contributed by atoms with E-state index in [0.29, 0.717) is 24.8 Å². The first-order valence-corrected chi connectivity index (χ1v) is 9.96. The number of hydrogen-bond donors (Lipinski definition) is 2. The summed E-state index contributed by atoms with van der Waals surface area (Å²) in [6, 6.07) is 13.6. The van der Waals surface area contributed by atoms with Crippen LogP contribution in [0.15, 0.2) is 42.5 Å². The van der Waals surface area contributed by atoms with E-state index in [1.54, 1.807) is 0 Å². The van der Waals surface area contributed by atoms with E-state index >= 15 is 0 Å². The third-order valence-corrected chi connectivity index (χ3v) is 5.22. The number of carbonyl (C=O) groups is 2. The van der Waals surface area contributed by atoms with Crippen LogP contribution in [0.4, 0.5) is 5.69 Å². The summed E-state index contributed by atoms with van der Waals surface area (Å²) in [6.45, 7) is 5.26. The number of carbonyl (C=O) groups excluding carboxylic acids is 2. The molecule has 2 aromatic rings. The van der Waals surface area contributed by atoms with Crippen LogP contribution in [0.2, 0.25) is 0 Å². The van der Waals surface area contributed by atoms with Crippen LogP contribution in [0.5, 0.6) is 5.75 Å². The topological polar surface area (TPSA) is 70.7 Å². The Morgan fingerprint density at radius 1 is 1.03 bits per heavy atom. The Morgan fingerprint density at radius 3 is 2.38 bits per heavy atom. The Labute approximate surface area is 172 Å². The van der Waals surface area contributed by atoms with Crippen molar-refractivity contribution in [3.8, 4) is 5.75 Å². The van der Waals surface area contributed by atoms with E-state index in [9.17, 15) is 9.59 Å². The fraction of sp³-hybridized carbons (Fsp3) is 0.391. The summed E-state index contributed by atoms with van der Waals surface area (Å²) in [5.74, 6) is 0.0337. The molecule has 1 aliphatic heterocycles. The second-order valence-electron chi connectivity index (χ2n) is 7.89. The average molecular weight is 396 g/mol. The van der Waals surface area contributed by atoms with Crippen molar-refractivity contribution < 1.29 is 14.3 Å². The van der Waals surface area contributed by atoms with E-state index in [2.05, 4.69) is 30.5 Å². The molecule has 0 saturated carbocycles. The van der Waals surface area contributed by atoms with Gasteiger partial charge >= 0.3 is 11.8 Å². The van der Waals surface area contributed by atoms with Crippen LogP contribution in [0, 0.1) is 0 Å². The van der Waals surface area contributed by atoms with Crippen LogP contribution in [-0.4, -0.2) is 44.0 Å². The molecule has 1 heterocycles. The van der Waals surface area contributed by atoms with Gasteiger partial charge in [-0.25, -0.2) is 0 Å². The zero-order valence-corrected chi connectivity index (χ0v) is 17.5. The fourth-order valence-corrected chi connectivity index (χ4v) is 3.42. The lowest BCUT2D eigenvalue weighted by atomic mass is 10.0. The number of nitrogens with one attached hydrogen (secondary N) is 2. The number of nitrogens with zero attached hydrogens (tertiary/aromatic N) is 1. The predicted molar refractivity (Wildman–Crippen MR) is 114 cm³/mol. The number of hydrogen-bond acceptors (Lipinski definition) is 4. The highest BCUT2D eigenvalue weighted by Gasteiger charge is 2.21. The highest BCUT2D eigenvalue weighted by molar-refractivity contribution is 6.39. The van der Waals surface area contributed by atoms with Gasteiger partial charge in [0.2, 0.25) is 0 Å². The normalized spacial score (nSPS) is 13.7. The van der Waals surface area contributed by atoms with Gasteiger partial charge in [-0.05, 0) is 54.9 Å². The molecule has 0 unspecified atom stereocenters. The van der Waals surface area contributed by atoms with Gasteiger partial charge in [0.1, 0.15) is 5.75 Å². The predicted octanol–water partition coefficient (Wildman–Crippen LogP) is 3.10. The molecule has 0 saturated heterocycles. The molecule has 1 aliphatic rings. The Hall–Kier alpha value is -2.86. The maximum absolute atomic E-state index is 12.3. The van der Waals surface area contributed by atoms with Crippen molar-refractivity contribution in [2.45, 2.75) is 32.2 Å². The Balaban J connectivity index is 1.59. The molecule has 2 N–H and O–H groups in total. The molecule has 0 aliphatic carbocycles. The van der Waals surface area contributed by atoms with Crippen molar-refractivity contribution in [2.24, 2.45) is 0 Å². The molecule has 0 spiro atoms. The van der Waals surface area contributed by atoms with Crippen molar-refractivity contribution >= 4 is 17.5 Å². The first-order valence-electron chi connectivity index (χ1n) is 9.96. The van der Waals surface area contributed by atoms with Gasteiger partial charge in [0, 0.05) is 18.7 Å². The molecule has 0 bridgehead atoms. The van der Waals surface area contributed by atoms with Crippen molar-refractivity contribution in [2.75, 3.05) is 32.6 Å². The molecular formula is C23H29N3O3. The van der Waals surface area contributed by atoms with Gasteiger partial charge in [-0.3, -0.25) is 9.59 Å². The van der Waals surface area contributed by atoms with Crippen LogP contribution in [0.3, 0.4) is 0 Å². The first-order chi connectivity index (χ1) is 13.8. The van der Waals surface area contributed by atoms with Gasteiger partial charge in [-0.1, -0.05) is 38.1 Å². The zero-order valence-electron chi connectivity index (χ0n) is 17.5. The molecule has 0 radical (unpaired) electrons. The van der Waals surface area contributed by atoms with Crippen LogP contribution >= 0.6 is 0 Å². The molecule has 6 nitrogen and oxygen atoms in total. The molecule has 6 heteroatoms. The minimum Gasteiger partial charge on any atom is -0.493 e. The third kappa shape index (κ3) is 5.15. The van der Waals surface area contributed by atoms with Crippen LogP contribution < -0.4 is 15.4 Å². The zero-order chi connectivity index (χ0) is 21.0. The summed E-state index contributed by atoms with van der Waals surface area (Å²) >= 11 is 0. The van der Waals surface area contributed by atoms with Gasteiger partial charge in [-0.15, -0.1) is 0 Å². The summed E-state index contributed by atoms with van der Waals surface area (Å²) in [4.78, 5) is 26.6. The van der Waals surface area contributed by atoms with Crippen molar-refractivity contribution in [1.82, 2.24) is 10.2 Å². The molecular weight excluding hydrogens is 366 g/mol. The summed E-state index contributed by atoms with van der Waals surface area (Å²) < 4.78 is 5.56. The Morgan fingerprint density at radius 2 is 1.72 bits per heavy atom. The largest absolute Gasteiger partial charge is 0.493 e. The molecule has 3 rings (SSSR count). The fourth-order valence-electron chi connectivity index (χ4n) is 3.42. The lowest BCUT2D eigenvalue weighted by Crippen LogP contribution is -2.40. The Kier molecular flexibility index (Phi) is 6.54. The Bertz CT molecular complexity index is 875. The quantitative estimate of drug-likeness (QED) is 0.738. The number of fused-ring (bicyclic) bond motifs is 1. The number of benzene rings is 2. The highest BCUT2D eigenvalue weighted by atomic mass is 16.5. The monoisotopic (exact) mass is 395 g/mol. The van der Waals surface area contributed by atoms with Gasteiger partial charge in [-0.2, -0.15) is 0 Å². The van der Waals surface area contributed by atoms with E-state index in [0.717, 1.165) is 17.7 Å². The number of rotatable bonds is 6. The number of anilines is 1. The molecule has 1 atom stereocenters. The summed E-state index contributed by atoms with van der Waals surface area (Å²) in [5, 5.41) is 5.41. The molecule has 154 valence electrons. The second-order valence-corrected chi connectivity index (χ2v) is 7.89. The van der Waals surface area contributed by atoms with Crippen molar-refractivity contribution in [1.29, 1.82) is 0 Å². The summed E-state index contributed by atoms with van der Waals surface area (Å²) in [6.07, 6.45) is 0.897. The molecule has 2 amide bonds. The second kappa shape index (κ2) is 9.09. The molecule has 0 fully saturated rings. The number of amides is 2. The standard InChI is InChI=1S/C23H29N3O3/c1-15(2)16-5-8-19(9-6-16)25-23(28)22(27)24-14-20(26(3)4)17-7-10-21-18(13-17)11-12-29-21/h5-10,13,15,20H,11-12,14H2,1-4H3,(H,24,27)(H,25,28)/t20-/m1/s1. The first kappa shape index (κ1) is 20.9. The van der Waals surface area contributed by atoms with E-state index < -0.39 is 11.8 Å². The van der Waals surface area contributed by atoms with Gasteiger partial charge in [0.25, 0.3) is 0 Å². The maximum atomic E-state index is 12.3. The lowest BCUT2D eigenvalue weighted by Gasteiger charge is -2.25. The number of likely N-dealkylation sites (N-methyl/N-ethyl adjacent to an activating group) is 1. The van der Waals surface area contributed by atoms with Gasteiger partial charge in [0.05, 0.1) is 12.6 Å². The van der Waals surface area contributed by atoms with Gasteiger partial charge in [0.15, 0.2) is 0 Å². The third-order valence-electron chi connectivity index (χ3n) is 5.22. The van der Waals surface area contributed by atoms with E-state index in [-0.39, 0.29) is 6.04 Å². The minimum absolute atomic E-state index is 0.0389. The van der Waals surface area contributed by atoms with Crippen LogP contribution in [0.25, 0.3) is 0 Å². The molecule has 2 aromatic carbocycles. The summed E-state index contributed by atoms with van der Waals surface area (Å²) in [5.41, 5.74) is 4.06. The van der Waals surface area contributed by atoms with Crippen molar-refractivity contribution in [3.05, 3.63) is 59.2 Å². The SMILES string of the molecule is CC(C)c1ccc(NC(=O)C(=O)NC[C@H](c2ccc3c(c2)CCO3)N(C)C)cc1. The minimum atomic E-state index is -0.665. The smallest absolute Gasteiger partial charge is 0.313 e. The lowest BCUT2D eigenvalue weighted by molar-refractivity contribution is -0.136. The van der Waals surface area contributed by atoms with Gasteiger partial charge < -0.3 is 20.3 Å². The highest BCUT2D eigenvalue weighted by Crippen LogP contribution is 2.29.